The normalized spacial score (nSPS) is 15.5. The van der Waals surface area contributed by atoms with E-state index in [1.807, 2.05) is 6.07 Å². The maximum atomic E-state index is 12.1. The Morgan fingerprint density at radius 2 is 2.04 bits per heavy atom. The lowest BCUT2D eigenvalue weighted by molar-refractivity contribution is -0.121. The lowest BCUT2D eigenvalue weighted by Crippen LogP contribution is -2.39. The first-order valence-corrected chi connectivity index (χ1v) is 10.0. The first kappa shape index (κ1) is 18.3. The Balaban J connectivity index is 2.01. The molecule has 1 aromatic carbocycles. The molecular formula is C17H23N3O3S. The predicted molar refractivity (Wildman–Crippen MR) is 93.0 cm³/mol. The highest BCUT2D eigenvalue weighted by Crippen LogP contribution is 2.20. The molecule has 2 rings (SSSR count). The lowest BCUT2D eigenvalue weighted by Gasteiger charge is -2.25. The van der Waals surface area contributed by atoms with Crippen molar-refractivity contribution in [1.29, 1.82) is 5.26 Å². The van der Waals surface area contributed by atoms with Gasteiger partial charge in [0.2, 0.25) is 15.9 Å². The van der Waals surface area contributed by atoms with Crippen LogP contribution in [0, 0.1) is 11.3 Å². The van der Waals surface area contributed by atoms with Gasteiger partial charge in [0.1, 0.15) is 0 Å². The molecule has 0 spiro atoms. The summed E-state index contributed by atoms with van der Waals surface area (Å²) in [5, 5.41) is 12.0. The van der Waals surface area contributed by atoms with Gasteiger partial charge in [-0.05, 0) is 31.0 Å². The van der Waals surface area contributed by atoms with E-state index in [2.05, 4.69) is 5.32 Å². The number of carbonyl (C=O) groups excluding carboxylic acids is 1. The van der Waals surface area contributed by atoms with Crippen molar-refractivity contribution in [1.82, 2.24) is 5.32 Å². The molecule has 0 aliphatic heterocycles. The van der Waals surface area contributed by atoms with Gasteiger partial charge in [0.25, 0.3) is 0 Å². The fraction of sp³-hybridized carbons (Fsp3) is 0.529. The number of carbonyl (C=O) groups is 1. The molecule has 1 aliphatic rings. The minimum absolute atomic E-state index is 0.0618. The molecular weight excluding hydrogens is 326 g/mol. The van der Waals surface area contributed by atoms with Gasteiger partial charge in [-0.1, -0.05) is 25.3 Å². The zero-order chi connectivity index (χ0) is 17.6. The van der Waals surface area contributed by atoms with Crippen LogP contribution in [0.1, 0.15) is 44.1 Å². The van der Waals surface area contributed by atoms with Crippen LogP contribution in [0.5, 0.6) is 0 Å². The van der Waals surface area contributed by atoms with E-state index in [9.17, 15) is 13.2 Å². The standard InChI is InChI=1S/C17H23N3O3S/c1-24(22,23)20(16-9-5-6-14(12-16)13-18)11-10-17(21)19-15-7-3-2-4-8-15/h5-6,9,12,15H,2-4,7-8,10-11H2,1H3,(H,19,21). The maximum Gasteiger partial charge on any atom is 0.232 e. The van der Waals surface area contributed by atoms with Gasteiger partial charge in [-0.2, -0.15) is 5.26 Å². The summed E-state index contributed by atoms with van der Waals surface area (Å²) in [6.07, 6.45) is 6.65. The lowest BCUT2D eigenvalue weighted by atomic mass is 9.95. The summed E-state index contributed by atoms with van der Waals surface area (Å²) >= 11 is 0. The van der Waals surface area contributed by atoms with E-state index in [0.29, 0.717) is 11.3 Å². The van der Waals surface area contributed by atoms with Gasteiger partial charge in [0.15, 0.2) is 0 Å². The van der Waals surface area contributed by atoms with Gasteiger partial charge in [-0.15, -0.1) is 0 Å². The summed E-state index contributed by atoms with van der Waals surface area (Å²) < 4.78 is 25.3. The highest BCUT2D eigenvalue weighted by molar-refractivity contribution is 7.92. The van der Waals surface area contributed by atoms with Crippen LogP contribution in [0.2, 0.25) is 0 Å². The summed E-state index contributed by atoms with van der Waals surface area (Å²) in [4.78, 5) is 12.1. The van der Waals surface area contributed by atoms with Crippen LogP contribution in [0.15, 0.2) is 24.3 Å². The number of nitriles is 1. The highest BCUT2D eigenvalue weighted by atomic mass is 32.2. The number of nitrogens with zero attached hydrogens (tertiary/aromatic N) is 2. The van der Waals surface area contributed by atoms with E-state index in [-0.39, 0.29) is 24.9 Å². The Bertz CT molecular complexity index is 719. The van der Waals surface area contributed by atoms with Crippen LogP contribution in [0.25, 0.3) is 0 Å². The predicted octanol–water partition coefficient (Wildman–Crippen LogP) is 2.16. The van der Waals surface area contributed by atoms with E-state index in [0.717, 1.165) is 31.9 Å². The third-order valence-electron chi connectivity index (χ3n) is 4.18. The molecule has 1 saturated carbocycles. The van der Waals surface area contributed by atoms with Crippen LogP contribution in [0.3, 0.4) is 0 Å². The molecule has 0 atom stereocenters. The molecule has 1 amide bonds. The number of hydrogen-bond donors (Lipinski definition) is 1. The molecule has 0 radical (unpaired) electrons. The second kappa shape index (κ2) is 8.15. The Morgan fingerprint density at radius 3 is 2.67 bits per heavy atom. The SMILES string of the molecule is CS(=O)(=O)N(CCC(=O)NC1CCCCC1)c1cccc(C#N)c1. The minimum atomic E-state index is -3.53. The molecule has 1 aliphatic carbocycles. The van der Waals surface area contributed by atoms with Crippen molar-refractivity contribution >= 4 is 21.6 Å². The van der Waals surface area contributed by atoms with E-state index in [1.165, 1.54) is 16.8 Å². The highest BCUT2D eigenvalue weighted by Gasteiger charge is 2.20. The van der Waals surface area contributed by atoms with E-state index >= 15 is 0 Å². The summed E-state index contributed by atoms with van der Waals surface area (Å²) in [6.45, 7) is 0.0618. The summed E-state index contributed by atoms with van der Waals surface area (Å²) in [5.74, 6) is -0.132. The molecule has 24 heavy (non-hydrogen) atoms. The van der Waals surface area contributed by atoms with Gasteiger partial charge in [0, 0.05) is 19.0 Å². The van der Waals surface area contributed by atoms with E-state index in [1.54, 1.807) is 18.2 Å². The Labute approximate surface area is 143 Å². The van der Waals surface area contributed by atoms with Crippen LogP contribution < -0.4 is 9.62 Å². The summed E-state index contributed by atoms with van der Waals surface area (Å²) in [7, 11) is -3.53. The van der Waals surface area contributed by atoms with Crippen molar-refractivity contribution in [3.63, 3.8) is 0 Å². The molecule has 0 bridgehead atoms. The molecule has 0 saturated heterocycles. The van der Waals surface area contributed by atoms with E-state index < -0.39 is 10.0 Å². The second-order valence-electron chi connectivity index (χ2n) is 6.15. The Hall–Kier alpha value is -2.07. The molecule has 1 fully saturated rings. The van der Waals surface area contributed by atoms with Crippen molar-refractivity contribution in [2.75, 3.05) is 17.1 Å². The van der Waals surface area contributed by atoms with Crippen molar-refractivity contribution < 1.29 is 13.2 Å². The van der Waals surface area contributed by atoms with Crippen molar-refractivity contribution in [3.8, 4) is 6.07 Å². The van der Waals surface area contributed by atoms with Crippen LogP contribution in [-0.2, 0) is 14.8 Å². The van der Waals surface area contributed by atoms with Crippen LogP contribution in [-0.4, -0.2) is 33.2 Å². The third kappa shape index (κ3) is 5.24. The molecule has 130 valence electrons. The van der Waals surface area contributed by atoms with Gasteiger partial charge in [-0.25, -0.2) is 8.42 Å². The van der Waals surface area contributed by atoms with Gasteiger partial charge in [-0.3, -0.25) is 9.10 Å². The number of nitrogens with one attached hydrogen (secondary N) is 1. The molecule has 7 heteroatoms. The zero-order valence-electron chi connectivity index (χ0n) is 13.9. The van der Waals surface area contributed by atoms with Crippen LogP contribution in [0.4, 0.5) is 5.69 Å². The van der Waals surface area contributed by atoms with Crippen LogP contribution >= 0.6 is 0 Å². The first-order valence-electron chi connectivity index (χ1n) is 8.17. The minimum Gasteiger partial charge on any atom is -0.353 e. The molecule has 0 aromatic heterocycles. The van der Waals surface area contributed by atoms with Gasteiger partial charge in [0.05, 0.1) is 23.6 Å². The zero-order valence-corrected chi connectivity index (χ0v) is 14.7. The van der Waals surface area contributed by atoms with E-state index in [4.69, 9.17) is 5.26 Å². The Kier molecular flexibility index (Phi) is 6.21. The third-order valence-corrected chi connectivity index (χ3v) is 5.37. The monoisotopic (exact) mass is 349 g/mol. The van der Waals surface area contributed by atoms with Crippen molar-refractivity contribution in [2.24, 2.45) is 0 Å². The summed E-state index contributed by atoms with van der Waals surface area (Å²) in [5.41, 5.74) is 0.787. The molecule has 0 heterocycles. The fourth-order valence-electron chi connectivity index (χ4n) is 2.97. The second-order valence-corrected chi connectivity index (χ2v) is 8.06. The topological polar surface area (TPSA) is 90.3 Å². The number of hydrogen-bond acceptors (Lipinski definition) is 4. The number of benzene rings is 1. The number of rotatable bonds is 6. The average molecular weight is 349 g/mol. The average Bonchev–Trinajstić information content (AvgIpc) is 2.55. The molecule has 0 unspecified atom stereocenters. The number of anilines is 1. The quantitative estimate of drug-likeness (QED) is 0.852. The molecule has 1 N–H and O–H groups in total. The first-order chi connectivity index (χ1) is 11.4. The largest absolute Gasteiger partial charge is 0.353 e. The number of sulfonamides is 1. The molecule has 6 nitrogen and oxygen atoms in total. The summed E-state index contributed by atoms with van der Waals surface area (Å²) in [6, 6.07) is 8.58. The van der Waals surface area contributed by atoms with Gasteiger partial charge < -0.3 is 5.32 Å². The fourth-order valence-corrected chi connectivity index (χ4v) is 3.89. The maximum absolute atomic E-state index is 12.1. The van der Waals surface area contributed by atoms with Crippen molar-refractivity contribution in [3.05, 3.63) is 29.8 Å². The van der Waals surface area contributed by atoms with Crippen molar-refractivity contribution in [2.45, 2.75) is 44.6 Å². The van der Waals surface area contributed by atoms with Gasteiger partial charge >= 0.3 is 0 Å². The smallest absolute Gasteiger partial charge is 0.232 e. The Morgan fingerprint density at radius 1 is 1.33 bits per heavy atom. The molecule has 1 aromatic rings. The number of amides is 1.